The molecule has 0 radical (unpaired) electrons. The molecular weight excluding hydrogens is 811 g/mol. The second-order valence-electron chi connectivity index (χ2n) is 15.0. The summed E-state index contributed by atoms with van der Waals surface area (Å²) >= 11 is 6.84. The van der Waals surface area contributed by atoms with E-state index in [4.69, 9.17) is 21.3 Å². The molecule has 0 spiro atoms. The van der Waals surface area contributed by atoms with Gasteiger partial charge in [0.1, 0.15) is 35.5 Å². The number of aromatic hydroxyl groups is 1. The first-order valence-electron chi connectivity index (χ1n) is 19.7. The lowest BCUT2D eigenvalue weighted by Crippen LogP contribution is -2.54. The Bertz CT molecular complexity index is 2670. The number of nitrogens with zero attached hydrogens (tertiary/aromatic N) is 6. The Morgan fingerprint density at radius 3 is 2.48 bits per heavy atom. The fourth-order valence-electron chi connectivity index (χ4n) is 7.92. The first kappa shape index (κ1) is 40.9. The van der Waals surface area contributed by atoms with E-state index in [0.717, 1.165) is 4.90 Å². The van der Waals surface area contributed by atoms with Crippen molar-refractivity contribution in [2.75, 3.05) is 63.1 Å². The molecular formula is C43H40ClFN8O8. The Balaban J connectivity index is 0.951. The van der Waals surface area contributed by atoms with Crippen LogP contribution in [0, 0.1) is 5.82 Å². The molecule has 4 aromatic carbocycles. The summed E-state index contributed by atoms with van der Waals surface area (Å²) in [6.07, 6.45) is 0.0671. The second-order valence-corrected chi connectivity index (χ2v) is 15.4. The Kier molecular flexibility index (Phi) is 11.2. The van der Waals surface area contributed by atoms with E-state index in [9.17, 15) is 33.9 Å². The van der Waals surface area contributed by atoms with E-state index in [1.54, 1.807) is 24.1 Å². The number of phenolic OH excluding ortho intramolecular Hbond substituents is 1. The van der Waals surface area contributed by atoms with Crippen LogP contribution in [0.15, 0.2) is 60.7 Å². The van der Waals surface area contributed by atoms with Crippen molar-refractivity contribution in [2.45, 2.75) is 32.2 Å². The van der Waals surface area contributed by atoms with E-state index >= 15 is 4.39 Å². The van der Waals surface area contributed by atoms with E-state index in [0.29, 0.717) is 53.7 Å². The molecule has 1 aromatic heterocycles. The largest absolute Gasteiger partial charge is 0.508 e. The van der Waals surface area contributed by atoms with Crippen LogP contribution < -0.4 is 20.3 Å². The van der Waals surface area contributed by atoms with Crippen LogP contribution in [-0.2, 0) is 19.2 Å². The number of rotatable bonds is 11. The van der Waals surface area contributed by atoms with Gasteiger partial charge in [0.15, 0.2) is 5.82 Å². The van der Waals surface area contributed by atoms with Gasteiger partial charge in [0, 0.05) is 70.5 Å². The second kappa shape index (κ2) is 16.6. The maximum Gasteiger partial charge on any atom is 0.262 e. The summed E-state index contributed by atoms with van der Waals surface area (Å²) in [5, 5.41) is 17.6. The Labute approximate surface area is 353 Å². The van der Waals surface area contributed by atoms with Gasteiger partial charge in [0.25, 0.3) is 11.8 Å². The van der Waals surface area contributed by atoms with Crippen LogP contribution in [-0.4, -0.2) is 124 Å². The minimum atomic E-state index is -1.08. The zero-order chi connectivity index (χ0) is 43.1. The van der Waals surface area contributed by atoms with Crippen molar-refractivity contribution in [1.82, 2.24) is 30.0 Å². The predicted octanol–water partition coefficient (Wildman–Crippen LogP) is 4.36. The van der Waals surface area contributed by atoms with Gasteiger partial charge in [-0.3, -0.25) is 39.0 Å². The molecule has 5 aromatic rings. The summed E-state index contributed by atoms with van der Waals surface area (Å²) in [5.74, 6) is -2.75. The predicted molar refractivity (Wildman–Crippen MR) is 223 cm³/mol. The summed E-state index contributed by atoms with van der Waals surface area (Å²) < 4.78 is 22.7. The van der Waals surface area contributed by atoms with E-state index < -0.39 is 35.5 Å². The number of nitrogens with one attached hydrogen (secondary N) is 2. The van der Waals surface area contributed by atoms with Crippen molar-refractivity contribution in [3.05, 3.63) is 82.6 Å². The van der Waals surface area contributed by atoms with E-state index in [1.165, 1.54) is 36.1 Å². The molecule has 3 aliphatic heterocycles. The fourth-order valence-corrected chi connectivity index (χ4v) is 8.21. The number of phenols is 1. The number of likely N-dealkylation sites (N-methyl/N-ethyl adjacent to an activating group) is 1. The number of hydrogen-bond donors (Lipinski definition) is 3. The minimum Gasteiger partial charge on any atom is -0.508 e. The van der Waals surface area contributed by atoms with Crippen LogP contribution >= 0.6 is 11.6 Å². The number of aromatic nitrogens is 2. The molecule has 2 fully saturated rings. The standard InChI is InChI=1S/C43H40ClFN8O8/c1-23(54)51-13-15-52(16-14-51)39-31-22-32(44)36(29-20-25(55)19-24-5-3-4-6-27(24)29)37(45)38(31)48-43(49-39)46-12-11-35(57)50(2)17-18-61-26-7-8-28-30(21-26)42(60)53(41(28)59)33-9-10-34(56)47-40(33)58/h3-8,19-22,33,55H,9-18H2,1-2H3,(H,46,48,49)(H,47,56,58). The summed E-state index contributed by atoms with van der Waals surface area (Å²) in [7, 11) is 1.60. The number of benzene rings is 4. The smallest absolute Gasteiger partial charge is 0.262 e. The van der Waals surface area contributed by atoms with Gasteiger partial charge >= 0.3 is 0 Å². The Morgan fingerprint density at radius 2 is 1.72 bits per heavy atom. The molecule has 314 valence electrons. The average molecular weight is 851 g/mol. The number of fused-ring (bicyclic) bond motifs is 3. The first-order valence-corrected chi connectivity index (χ1v) is 20.1. The van der Waals surface area contributed by atoms with E-state index in [-0.39, 0.29) is 95.5 Å². The highest BCUT2D eigenvalue weighted by Crippen LogP contribution is 2.42. The van der Waals surface area contributed by atoms with E-state index in [2.05, 4.69) is 15.6 Å². The number of halogens is 2. The third-order valence-corrected chi connectivity index (χ3v) is 11.5. The van der Waals surface area contributed by atoms with E-state index in [1.807, 2.05) is 29.2 Å². The monoisotopic (exact) mass is 850 g/mol. The average Bonchev–Trinajstić information content (AvgIpc) is 3.48. The molecule has 1 unspecified atom stereocenters. The van der Waals surface area contributed by atoms with Gasteiger partial charge in [-0.1, -0.05) is 35.9 Å². The van der Waals surface area contributed by atoms with Crippen LogP contribution in [0.1, 0.15) is 46.9 Å². The molecule has 1 atom stereocenters. The number of carbonyl (C=O) groups is 6. The number of piperazine rings is 1. The number of anilines is 2. The van der Waals surface area contributed by atoms with Gasteiger partial charge in [-0.05, 0) is 59.2 Å². The van der Waals surface area contributed by atoms with Crippen molar-refractivity contribution < 1.29 is 43.0 Å². The molecule has 2 saturated heterocycles. The molecule has 0 bridgehead atoms. The van der Waals surface area contributed by atoms with Crippen molar-refractivity contribution in [3.63, 3.8) is 0 Å². The van der Waals surface area contributed by atoms with Crippen molar-refractivity contribution >= 4 is 80.5 Å². The highest BCUT2D eigenvalue weighted by atomic mass is 35.5. The third kappa shape index (κ3) is 7.95. The van der Waals surface area contributed by atoms with Crippen LogP contribution in [0.25, 0.3) is 32.8 Å². The lowest BCUT2D eigenvalue weighted by Gasteiger charge is -2.35. The number of ether oxygens (including phenoxy) is 1. The molecule has 61 heavy (non-hydrogen) atoms. The molecule has 3 aliphatic rings. The fraction of sp³-hybridized carbons (Fsp3) is 0.302. The van der Waals surface area contributed by atoms with Crippen LogP contribution in [0.4, 0.5) is 16.2 Å². The first-order chi connectivity index (χ1) is 29.3. The van der Waals surface area contributed by atoms with Crippen molar-refractivity contribution in [1.29, 1.82) is 0 Å². The van der Waals surface area contributed by atoms with Crippen LogP contribution in [0.2, 0.25) is 5.02 Å². The zero-order valence-electron chi connectivity index (χ0n) is 33.2. The number of amides is 6. The maximum absolute atomic E-state index is 16.9. The number of piperidine rings is 1. The molecule has 6 amide bonds. The van der Waals surface area contributed by atoms with Crippen molar-refractivity contribution in [2.24, 2.45) is 0 Å². The van der Waals surface area contributed by atoms with Crippen molar-refractivity contribution in [3.8, 4) is 22.6 Å². The van der Waals surface area contributed by atoms with Gasteiger partial charge in [0.05, 0.1) is 22.7 Å². The van der Waals surface area contributed by atoms with Crippen LogP contribution in [0.3, 0.4) is 0 Å². The third-order valence-electron chi connectivity index (χ3n) is 11.2. The van der Waals surface area contributed by atoms with Crippen LogP contribution in [0.5, 0.6) is 11.5 Å². The van der Waals surface area contributed by atoms with Gasteiger partial charge < -0.3 is 29.9 Å². The SMILES string of the molecule is CC(=O)N1CCN(c2nc(NCCC(=O)N(C)CCOc3ccc4c(c3)C(=O)N(C3CCC(=O)NC3=O)C4=O)nc3c(F)c(-c4cc(O)cc5ccccc45)c(Cl)cc23)CC1. The quantitative estimate of drug-likeness (QED) is 0.159. The highest BCUT2D eigenvalue weighted by Gasteiger charge is 2.44. The summed E-state index contributed by atoms with van der Waals surface area (Å²) in [5.41, 5.74) is 0.629. The number of hydrogen-bond acceptors (Lipinski definition) is 12. The lowest BCUT2D eigenvalue weighted by molar-refractivity contribution is -0.136. The Morgan fingerprint density at radius 1 is 0.967 bits per heavy atom. The number of carbonyl (C=O) groups excluding carboxylic acids is 6. The topological polar surface area (TPSA) is 195 Å². The molecule has 3 N–H and O–H groups in total. The van der Waals surface area contributed by atoms with Gasteiger partial charge in [-0.15, -0.1) is 0 Å². The highest BCUT2D eigenvalue weighted by molar-refractivity contribution is 6.35. The molecule has 16 nitrogen and oxygen atoms in total. The van der Waals surface area contributed by atoms with Gasteiger partial charge in [-0.25, -0.2) is 9.37 Å². The molecule has 0 saturated carbocycles. The normalized spacial score (nSPS) is 16.6. The van der Waals surface area contributed by atoms with Gasteiger partial charge in [0.2, 0.25) is 29.6 Å². The number of imide groups is 2. The Hall–Kier alpha value is -6.88. The minimum absolute atomic E-state index is 0.0113. The maximum atomic E-state index is 16.9. The molecule has 0 aliphatic carbocycles. The van der Waals surface area contributed by atoms with Gasteiger partial charge in [-0.2, -0.15) is 4.98 Å². The summed E-state index contributed by atoms with van der Waals surface area (Å²) in [4.78, 5) is 90.8. The zero-order valence-corrected chi connectivity index (χ0v) is 33.9. The lowest BCUT2D eigenvalue weighted by atomic mass is 9.96. The summed E-state index contributed by atoms with van der Waals surface area (Å²) in [6.45, 7) is 3.55. The molecule has 8 rings (SSSR count). The molecule has 18 heteroatoms. The molecule has 4 heterocycles. The summed E-state index contributed by atoms with van der Waals surface area (Å²) in [6, 6.07) is 15.2.